The molecule has 2 aromatic rings. The normalized spacial score (nSPS) is 16.3. The van der Waals surface area contributed by atoms with Crippen LogP contribution in [0.25, 0.3) is 10.9 Å². The Labute approximate surface area is 105 Å². The fourth-order valence-corrected chi connectivity index (χ4v) is 2.58. The highest BCUT2D eigenvalue weighted by Crippen LogP contribution is 2.53. The van der Waals surface area contributed by atoms with Gasteiger partial charge in [-0.15, -0.1) is 0 Å². The second-order valence-corrected chi connectivity index (χ2v) is 4.78. The first kappa shape index (κ1) is 11.1. The molecule has 4 heteroatoms. The van der Waals surface area contributed by atoms with Gasteiger partial charge in [0.2, 0.25) is 6.08 Å². The van der Waals surface area contributed by atoms with Gasteiger partial charge in [-0.1, -0.05) is 6.07 Å². The molecule has 0 amide bonds. The van der Waals surface area contributed by atoms with Gasteiger partial charge in [-0.3, -0.25) is 0 Å². The standard InChI is InChI=1S/C14H14N2O2/c1-9-7-15-11-4-3-10(13(18-2)12(9)11)14(5-6-14)16-8-17/h3-4,7,15H,5-6H2,1-2H3. The maximum absolute atomic E-state index is 10.6. The molecule has 3 rings (SSSR count). The SMILES string of the molecule is COc1c(C2(N=C=O)CC2)ccc2[nH]cc(C)c12. The Kier molecular flexibility index (Phi) is 2.28. The van der Waals surface area contributed by atoms with Crippen LogP contribution in [0.4, 0.5) is 0 Å². The molecule has 0 saturated heterocycles. The largest absolute Gasteiger partial charge is 0.496 e. The van der Waals surface area contributed by atoms with E-state index in [4.69, 9.17) is 4.74 Å². The Hall–Kier alpha value is -2.06. The smallest absolute Gasteiger partial charge is 0.235 e. The highest BCUT2D eigenvalue weighted by atomic mass is 16.5. The third-order valence-corrected chi connectivity index (χ3v) is 3.68. The molecule has 1 aliphatic carbocycles. The molecular formula is C14H14N2O2. The van der Waals surface area contributed by atoms with E-state index >= 15 is 0 Å². The van der Waals surface area contributed by atoms with E-state index in [1.807, 2.05) is 25.3 Å². The number of benzene rings is 1. The number of carbonyl (C=O) groups excluding carboxylic acids is 1. The summed E-state index contributed by atoms with van der Waals surface area (Å²) in [7, 11) is 1.66. The van der Waals surface area contributed by atoms with Crippen molar-refractivity contribution in [2.75, 3.05) is 7.11 Å². The molecule has 0 spiro atoms. The van der Waals surface area contributed by atoms with Gasteiger partial charge in [0.15, 0.2) is 0 Å². The van der Waals surface area contributed by atoms with Gasteiger partial charge in [-0.05, 0) is 31.4 Å². The van der Waals surface area contributed by atoms with Crippen molar-refractivity contribution in [3.63, 3.8) is 0 Å². The second kappa shape index (κ2) is 3.72. The number of isocyanates is 1. The topological polar surface area (TPSA) is 54.4 Å². The zero-order valence-corrected chi connectivity index (χ0v) is 10.4. The van der Waals surface area contributed by atoms with E-state index in [1.54, 1.807) is 13.2 Å². The second-order valence-electron chi connectivity index (χ2n) is 4.78. The number of aromatic nitrogens is 1. The zero-order valence-electron chi connectivity index (χ0n) is 10.4. The maximum atomic E-state index is 10.6. The summed E-state index contributed by atoms with van der Waals surface area (Å²) in [5.41, 5.74) is 2.77. The Bertz CT molecular complexity index is 662. The molecule has 0 unspecified atom stereocenters. The number of ether oxygens (including phenoxy) is 1. The molecule has 0 bridgehead atoms. The van der Waals surface area contributed by atoms with Gasteiger partial charge in [0.05, 0.1) is 7.11 Å². The maximum Gasteiger partial charge on any atom is 0.235 e. The van der Waals surface area contributed by atoms with Crippen molar-refractivity contribution in [2.24, 2.45) is 4.99 Å². The van der Waals surface area contributed by atoms with E-state index in [9.17, 15) is 4.79 Å². The summed E-state index contributed by atoms with van der Waals surface area (Å²) in [6, 6.07) is 4.01. The number of nitrogens with zero attached hydrogens (tertiary/aromatic N) is 1. The average Bonchev–Trinajstić information content (AvgIpc) is 3.06. The van der Waals surface area contributed by atoms with Gasteiger partial charge < -0.3 is 9.72 Å². The van der Waals surface area contributed by atoms with Crippen molar-refractivity contribution in [2.45, 2.75) is 25.3 Å². The summed E-state index contributed by atoms with van der Waals surface area (Å²) in [6.07, 6.45) is 5.41. The molecule has 1 heterocycles. The first-order valence-corrected chi connectivity index (χ1v) is 5.96. The first-order chi connectivity index (χ1) is 8.72. The minimum atomic E-state index is -0.398. The van der Waals surface area contributed by atoms with Crippen molar-refractivity contribution < 1.29 is 9.53 Å². The van der Waals surface area contributed by atoms with Gasteiger partial charge in [0.25, 0.3) is 0 Å². The average molecular weight is 242 g/mol. The highest BCUT2D eigenvalue weighted by Gasteiger charge is 2.47. The molecule has 92 valence electrons. The van der Waals surface area contributed by atoms with E-state index in [1.165, 1.54) is 0 Å². The van der Waals surface area contributed by atoms with Crippen LogP contribution in [0.3, 0.4) is 0 Å². The lowest BCUT2D eigenvalue weighted by atomic mass is 10.0. The first-order valence-electron chi connectivity index (χ1n) is 5.96. The van der Waals surface area contributed by atoms with Crippen LogP contribution in [-0.4, -0.2) is 18.2 Å². The van der Waals surface area contributed by atoms with Crippen molar-refractivity contribution in [1.82, 2.24) is 4.98 Å². The zero-order chi connectivity index (χ0) is 12.8. The molecule has 18 heavy (non-hydrogen) atoms. The van der Waals surface area contributed by atoms with Crippen LogP contribution in [0, 0.1) is 6.92 Å². The van der Waals surface area contributed by atoms with Gasteiger partial charge in [-0.2, -0.15) is 4.99 Å². The van der Waals surface area contributed by atoms with Crippen LogP contribution in [0.2, 0.25) is 0 Å². The third kappa shape index (κ3) is 1.39. The number of hydrogen-bond acceptors (Lipinski definition) is 3. The fourth-order valence-electron chi connectivity index (χ4n) is 2.58. The summed E-state index contributed by atoms with van der Waals surface area (Å²) in [4.78, 5) is 17.8. The number of hydrogen-bond donors (Lipinski definition) is 1. The third-order valence-electron chi connectivity index (χ3n) is 3.68. The lowest BCUT2D eigenvalue weighted by Crippen LogP contribution is -2.05. The molecule has 1 aromatic heterocycles. The molecule has 4 nitrogen and oxygen atoms in total. The van der Waals surface area contributed by atoms with Crippen LogP contribution >= 0.6 is 0 Å². The van der Waals surface area contributed by atoms with E-state index in [0.717, 1.165) is 40.6 Å². The van der Waals surface area contributed by atoms with Gasteiger partial charge in [0, 0.05) is 22.7 Å². The van der Waals surface area contributed by atoms with Gasteiger partial charge >= 0.3 is 0 Å². The van der Waals surface area contributed by atoms with Crippen LogP contribution in [-0.2, 0) is 10.3 Å². The summed E-state index contributed by atoms with van der Waals surface area (Å²) >= 11 is 0. The number of methoxy groups -OCH3 is 1. The van der Waals surface area contributed by atoms with Crippen molar-refractivity contribution in [3.8, 4) is 5.75 Å². The van der Waals surface area contributed by atoms with Crippen molar-refractivity contribution >= 4 is 17.0 Å². The van der Waals surface area contributed by atoms with E-state index < -0.39 is 5.54 Å². The minimum Gasteiger partial charge on any atom is -0.496 e. The summed E-state index contributed by atoms with van der Waals surface area (Å²) in [6.45, 7) is 2.04. The van der Waals surface area contributed by atoms with E-state index in [0.29, 0.717) is 0 Å². The number of fused-ring (bicyclic) bond motifs is 1. The quantitative estimate of drug-likeness (QED) is 0.664. The highest BCUT2D eigenvalue weighted by molar-refractivity contribution is 5.91. The van der Waals surface area contributed by atoms with Crippen LogP contribution < -0.4 is 4.74 Å². The van der Waals surface area contributed by atoms with E-state index in [-0.39, 0.29) is 0 Å². The summed E-state index contributed by atoms with van der Waals surface area (Å²) in [5, 5.41) is 1.07. The molecule has 0 aliphatic heterocycles. The number of rotatable bonds is 3. The number of aliphatic imine (C=N–C) groups is 1. The van der Waals surface area contributed by atoms with Crippen LogP contribution in [0.1, 0.15) is 24.0 Å². The predicted molar refractivity (Wildman–Crippen MR) is 68.6 cm³/mol. The number of nitrogens with one attached hydrogen (secondary N) is 1. The van der Waals surface area contributed by atoms with Gasteiger partial charge in [0.1, 0.15) is 11.3 Å². The Balaban J connectivity index is 2.30. The Morgan fingerprint density at radius 3 is 2.83 bits per heavy atom. The predicted octanol–water partition coefficient (Wildman–Crippen LogP) is 2.81. The van der Waals surface area contributed by atoms with E-state index in [2.05, 4.69) is 9.98 Å². The fraction of sp³-hybridized carbons (Fsp3) is 0.357. The number of aryl methyl sites for hydroxylation is 1. The van der Waals surface area contributed by atoms with Crippen LogP contribution in [0.15, 0.2) is 23.3 Å². The molecule has 0 radical (unpaired) electrons. The molecule has 1 fully saturated rings. The number of aromatic amines is 1. The minimum absolute atomic E-state index is 0.398. The molecule has 1 aliphatic rings. The molecule has 1 aromatic carbocycles. The molecule has 1 saturated carbocycles. The monoisotopic (exact) mass is 242 g/mol. The molecule has 1 N–H and O–H groups in total. The lowest BCUT2D eigenvalue weighted by Gasteiger charge is -2.14. The lowest BCUT2D eigenvalue weighted by molar-refractivity contribution is 0.409. The van der Waals surface area contributed by atoms with Gasteiger partial charge in [-0.25, -0.2) is 4.79 Å². The van der Waals surface area contributed by atoms with Crippen molar-refractivity contribution in [1.29, 1.82) is 0 Å². The van der Waals surface area contributed by atoms with Crippen LogP contribution in [0.5, 0.6) is 5.75 Å². The molecular weight excluding hydrogens is 228 g/mol. The Morgan fingerprint density at radius 1 is 1.44 bits per heavy atom. The number of H-pyrrole nitrogens is 1. The summed E-state index contributed by atoms with van der Waals surface area (Å²) < 4.78 is 5.56. The summed E-state index contributed by atoms with van der Waals surface area (Å²) in [5.74, 6) is 0.822. The molecule has 0 atom stereocenters. The Morgan fingerprint density at radius 2 is 2.22 bits per heavy atom. The van der Waals surface area contributed by atoms with Crippen molar-refractivity contribution in [3.05, 3.63) is 29.5 Å².